The molecule has 0 atom stereocenters. The number of hydrogen-bond donors (Lipinski definition) is 2. The van der Waals surface area contributed by atoms with Crippen LogP contribution in [-0.4, -0.2) is 18.8 Å². The van der Waals surface area contributed by atoms with Crippen molar-refractivity contribution in [3.8, 4) is 0 Å². The number of thiol groups is 1. The van der Waals surface area contributed by atoms with Gasteiger partial charge in [0.05, 0.1) is 0 Å². The molecule has 0 unspecified atom stereocenters. The summed E-state index contributed by atoms with van der Waals surface area (Å²) in [6.07, 6.45) is 7.04. The average Bonchev–Trinajstić information content (AvgIpc) is 1.97. The Morgan fingerprint density at radius 3 is 2.80 bits per heavy atom. The molecular weight excluding hydrogens is 142 g/mol. The summed E-state index contributed by atoms with van der Waals surface area (Å²) in [5.74, 6) is 0.898. The third-order valence-electron chi connectivity index (χ3n) is 1.02. The molecule has 58 valence electrons. The zero-order valence-corrected chi connectivity index (χ0v) is 7.11. The highest BCUT2D eigenvalue weighted by Gasteiger charge is 1.76. The molecule has 0 heterocycles. The van der Waals surface area contributed by atoms with E-state index in [1.807, 2.05) is 6.08 Å². The van der Waals surface area contributed by atoms with Crippen LogP contribution in [0.2, 0.25) is 0 Å². The van der Waals surface area contributed by atoms with Crippen molar-refractivity contribution in [1.82, 2.24) is 5.32 Å². The zero-order chi connectivity index (χ0) is 7.66. The summed E-state index contributed by atoms with van der Waals surface area (Å²) in [7, 11) is 0. The lowest BCUT2D eigenvalue weighted by atomic mass is 10.4. The van der Waals surface area contributed by atoms with Gasteiger partial charge in [0.2, 0.25) is 0 Å². The Hall–Kier alpha value is -0.210. The van der Waals surface area contributed by atoms with Crippen molar-refractivity contribution in [3.63, 3.8) is 0 Å². The van der Waals surface area contributed by atoms with Crippen molar-refractivity contribution in [3.05, 3.63) is 24.8 Å². The Kier molecular flexibility index (Phi) is 8.61. The van der Waals surface area contributed by atoms with Crippen molar-refractivity contribution in [2.45, 2.75) is 6.42 Å². The Morgan fingerprint density at radius 2 is 2.20 bits per heavy atom. The maximum absolute atomic E-state index is 4.06. The maximum Gasteiger partial charge on any atom is 0.0135 e. The fraction of sp³-hybridized carbons (Fsp3) is 0.500. The average molecular weight is 157 g/mol. The van der Waals surface area contributed by atoms with E-state index in [1.54, 1.807) is 0 Å². The summed E-state index contributed by atoms with van der Waals surface area (Å²) in [6, 6.07) is 0. The molecule has 0 fully saturated rings. The lowest BCUT2D eigenvalue weighted by Crippen LogP contribution is -2.15. The second kappa shape index (κ2) is 8.79. The fourth-order valence-electron chi connectivity index (χ4n) is 0.540. The Bertz CT molecular complexity index is 99.4. The molecule has 0 aromatic rings. The highest BCUT2D eigenvalue weighted by atomic mass is 32.1. The summed E-state index contributed by atoms with van der Waals surface area (Å²) in [6.45, 7) is 5.52. The van der Waals surface area contributed by atoms with Crippen LogP contribution in [0.15, 0.2) is 24.8 Å². The van der Waals surface area contributed by atoms with Crippen LogP contribution in [0.5, 0.6) is 0 Å². The van der Waals surface area contributed by atoms with Crippen LogP contribution in [0.1, 0.15) is 6.42 Å². The van der Waals surface area contributed by atoms with E-state index >= 15 is 0 Å². The third kappa shape index (κ3) is 7.79. The van der Waals surface area contributed by atoms with Crippen molar-refractivity contribution in [2.75, 3.05) is 18.8 Å². The van der Waals surface area contributed by atoms with E-state index in [9.17, 15) is 0 Å². The molecule has 1 nitrogen and oxygen atoms in total. The van der Waals surface area contributed by atoms with E-state index in [4.69, 9.17) is 0 Å². The van der Waals surface area contributed by atoms with Crippen LogP contribution >= 0.6 is 12.6 Å². The quantitative estimate of drug-likeness (QED) is 0.339. The molecule has 0 aliphatic carbocycles. The van der Waals surface area contributed by atoms with E-state index in [-0.39, 0.29) is 0 Å². The molecule has 0 spiro atoms. The molecular formula is C8H15NS. The molecule has 0 bridgehead atoms. The monoisotopic (exact) mass is 157 g/mol. The van der Waals surface area contributed by atoms with Crippen LogP contribution in [0.3, 0.4) is 0 Å². The normalized spacial score (nSPS) is 10.5. The van der Waals surface area contributed by atoms with Gasteiger partial charge >= 0.3 is 0 Å². The van der Waals surface area contributed by atoms with Gasteiger partial charge in [0, 0.05) is 18.8 Å². The third-order valence-corrected chi connectivity index (χ3v) is 1.24. The maximum atomic E-state index is 4.06. The molecule has 0 radical (unpaired) electrons. The van der Waals surface area contributed by atoms with Crippen molar-refractivity contribution < 1.29 is 0 Å². The van der Waals surface area contributed by atoms with E-state index < -0.39 is 0 Å². The molecule has 0 aromatic heterocycles. The van der Waals surface area contributed by atoms with E-state index in [2.05, 4.69) is 36.7 Å². The first-order chi connectivity index (χ1) is 4.91. The highest BCUT2D eigenvalue weighted by Crippen LogP contribution is 1.80. The molecule has 10 heavy (non-hydrogen) atoms. The summed E-state index contributed by atoms with van der Waals surface area (Å²) >= 11 is 4.06. The first-order valence-corrected chi connectivity index (χ1v) is 4.12. The van der Waals surface area contributed by atoms with Crippen LogP contribution in [0.4, 0.5) is 0 Å². The van der Waals surface area contributed by atoms with E-state index in [0.717, 1.165) is 25.3 Å². The van der Waals surface area contributed by atoms with Gasteiger partial charge in [-0.15, -0.1) is 6.58 Å². The molecule has 0 saturated carbocycles. The molecule has 0 aliphatic heterocycles. The second-order valence-electron chi connectivity index (χ2n) is 1.92. The van der Waals surface area contributed by atoms with E-state index in [0.29, 0.717) is 0 Å². The summed E-state index contributed by atoms with van der Waals surface area (Å²) in [4.78, 5) is 0. The number of hydrogen-bond acceptors (Lipinski definition) is 2. The molecule has 0 saturated heterocycles. The second-order valence-corrected chi connectivity index (χ2v) is 2.37. The molecule has 0 aromatic carbocycles. The van der Waals surface area contributed by atoms with Gasteiger partial charge in [-0.2, -0.15) is 12.6 Å². The van der Waals surface area contributed by atoms with Gasteiger partial charge in [-0.3, -0.25) is 0 Å². The fourth-order valence-corrected chi connectivity index (χ4v) is 0.698. The summed E-state index contributed by atoms with van der Waals surface area (Å²) in [5.41, 5.74) is 0. The Labute approximate surface area is 68.6 Å². The van der Waals surface area contributed by atoms with Crippen molar-refractivity contribution >= 4 is 12.6 Å². The molecule has 0 amide bonds. The van der Waals surface area contributed by atoms with Gasteiger partial charge in [-0.05, 0) is 6.42 Å². The van der Waals surface area contributed by atoms with Gasteiger partial charge in [-0.1, -0.05) is 18.2 Å². The van der Waals surface area contributed by atoms with Crippen LogP contribution in [0.25, 0.3) is 0 Å². The largest absolute Gasteiger partial charge is 0.312 e. The highest BCUT2D eigenvalue weighted by molar-refractivity contribution is 7.80. The Balaban J connectivity index is 2.94. The first kappa shape index (κ1) is 9.79. The smallest absolute Gasteiger partial charge is 0.0135 e. The number of allylic oxidation sites excluding steroid dienone is 2. The molecule has 1 N–H and O–H groups in total. The molecule has 2 heteroatoms. The number of rotatable bonds is 6. The number of nitrogens with one attached hydrogen (secondary N) is 1. The van der Waals surface area contributed by atoms with Crippen molar-refractivity contribution in [1.29, 1.82) is 0 Å². The summed E-state index contributed by atoms with van der Waals surface area (Å²) in [5, 5.41) is 3.20. The SMILES string of the molecule is C=CC/C=C/CNCCS. The predicted octanol–water partition coefficient (Wildman–Crippen LogP) is 1.64. The first-order valence-electron chi connectivity index (χ1n) is 3.49. The lowest BCUT2D eigenvalue weighted by Gasteiger charge is -1.94. The molecule has 0 rings (SSSR count). The summed E-state index contributed by atoms with van der Waals surface area (Å²) < 4.78 is 0. The Morgan fingerprint density at radius 1 is 1.40 bits per heavy atom. The van der Waals surface area contributed by atoms with Gasteiger partial charge in [0.25, 0.3) is 0 Å². The van der Waals surface area contributed by atoms with Crippen LogP contribution in [-0.2, 0) is 0 Å². The van der Waals surface area contributed by atoms with Gasteiger partial charge in [0.15, 0.2) is 0 Å². The minimum atomic E-state index is 0.898. The van der Waals surface area contributed by atoms with Gasteiger partial charge in [0.1, 0.15) is 0 Å². The predicted molar refractivity (Wildman–Crippen MR) is 50.7 cm³/mol. The standard InChI is InChI=1S/C8H15NS/c1-2-3-4-5-6-9-7-8-10/h2,4-5,9-10H,1,3,6-8H2/b5-4+. The van der Waals surface area contributed by atoms with Crippen LogP contribution < -0.4 is 5.32 Å². The van der Waals surface area contributed by atoms with Gasteiger partial charge < -0.3 is 5.32 Å². The topological polar surface area (TPSA) is 12.0 Å². The van der Waals surface area contributed by atoms with Crippen molar-refractivity contribution in [2.24, 2.45) is 0 Å². The van der Waals surface area contributed by atoms with E-state index in [1.165, 1.54) is 0 Å². The zero-order valence-electron chi connectivity index (χ0n) is 6.21. The minimum Gasteiger partial charge on any atom is -0.312 e. The lowest BCUT2D eigenvalue weighted by molar-refractivity contribution is 0.806. The minimum absolute atomic E-state index is 0.898. The molecule has 0 aliphatic rings. The van der Waals surface area contributed by atoms with Crippen LogP contribution in [0, 0.1) is 0 Å². The van der Waals surface area contributed by atoms with Gasteiger partial charge in [-0.25, -0.2) is 0 Å².